The number of thioether (sulfide) groups is 1. The van der Waals surface area contributed by atoms with Crippen molar-refractivity contribution in [1.29, 1.82) is 0 Å². The molecular weight excluding hydrogens is 282 g/mol. The van der Waals surface area contributed by atoms with Crippen molar-refractivity contribution in [1.82, 2.24) is 0 Å². The van der Waals surface area contributed by atoms with Gasteiger partial charge in [0, 0.05) is 0 Å². The van der Waals surface area contributed by atoms with E-state index in [9.17, 15) is 0 Å². The molecule has 2 aromatic carbocycles. The SMILES string of the molecule is Cc1ccc(N=C2OCC(COc3ccccc3)S2)cc1. The first-order valence-electron chi connectivity index (χ1n) is 6.92. The fourth-order valence-electron chi connectivity index (χ4n) is 1.95. The van der Waals surface area contributed by atoms with E-state index in [1.54, 1.807) is 11.8 Å². The molecule has 4 heteroatoms. The highest BCUT2D eigenvalue weighted by Crippen LogP contribution is 2.26. The van der Waals surface area contributed by atoms with Gasteiger partial charge in [0.15, 0.2) is 0 Å². The maximum absolute atomic E-state index is 5.75. The van der Waals surface area contributed by atoms with Gasteiger partial charge in [-0.15, -0.1) is 0 Å². The molecule has 0 radical (unpaired) electrons. The van der Waals surface area contributed by atoms with E-state index in [0.717, 1.165) is 16.7 Å². The van der Waals surface area contributed by atoms with Crippen LogP contribution in [-0.2, 0) is 4.74 Å². The van der Waals surface area contributed by atoms with Gasteiger partial charge in [-0.25, -0.2) is 4.99 Å². The van der Waals surface area contributed by atoms with Crippen molar-refractivity contribution in [3.8, 4) is 5.75 Å². The second kappa shape index (κ2) is 6.68. The third-order valence-electron chi connectivity index (χ3n) is 3.09. The first-order valence-corrected chi connectivity index (χ1v) is 7.80. The van der Waals surface area contributed by atoms with Gasteiger partial charge in [0.2, 0.25) is 0 Å². The molecule has 1 aliphatic heterocycles. The van der Waals surface area contributed by atoms with E-state index in [1.165, 1.54) is 5.56 Å². The molecule has 3 rings (SSSR count). The Balaban J connectivity index is 1.54. The summed E-state index contributed by atoms with van der Waals surface area (Å²) in [5, 5.41) is 1.01. The van der Waals surface area contributed by atoms with E-state index in [4.69, 9.17) is 9.47 Å². The van der Waals surface area contributed by atoms with Crippen LogP contribution in [0.1, 0.15) is 5.56 Å². The van der Waals surface area contributed by atoms with Gasteiger partial charge in [0.25, 0.3) is 5.23 Å². The van der Waals surface area contributed by atoms with Crippen LogP contribution in [0.5, 0.6) is 5.75 Å². The summed E-state index contributed by atoms with van der Waals surface area (Å²) in [6.45, 7) is 3.33. The Hall–Kier alpha value is -1.94. The van der Waals surface area contributed by atoms with Gasteiger partial charge in [0.1, 0.15) is 19.0 Å². The summed E-state index contributed by atoms with van der Waals surface area (Å²) in [4.78, 5) is 4.51. The van der Waals surface area contributed by atoms with Crippen molar-refractivity contribution in [2.24, 2.45) is 4.99 Å². The molecule has 0 amide bonds. The van der Waals surface area contributed by atoms with Crippen LogP contribution in [0.15, 0.2) is 59.6 Å². The van der Waals surface area contributed by atoms with E-state index in [2.05, 4.69) is 24.0 Å². The van der Waals surface area contributed by atoms with Gasteiger partial charge in [0.05, 0.1) is 10.9 Å². The second-order valence-electron chi connectivity index (χ2n) is 4.89. The zero-order valence-corrected chi connectivity index (χ0v) is 12.7. The normalized spacial score (nSPS) is 19.5. The predicted octanol–water partition coefficient (Wildman–Crippen LogP) is 4.19. The molecule has 1 unspecified atom stereocenters. The molecule has 0 N–H and O–H groups in total. The van der Waals surface area contributed by atoms with Gasteiger partial charge in [-0.05, 0) is 31.2 Å². The highest BCUT2D eigenvalue weighted by atomic mass is 32.2. The zero-order chi connectivity index (χ0) is 14.5. The first kappa shape index (κ1) is 14.0. The van der Waals surface area contributed by atoms with E-state index >= 15 is 0 Å². The standard InChI is InChI=1S/C17H17NO2S/c1-13-7-9-14(10-8-13)18-17-20-12-16(21-17)11-19-15-5-3-2-4-6-15/h2-10,16H,11-12H2,1H3. The molecule has 1 saturated heterocycles. The Labute approximate surface area is 129 Å². The molecular formula is C17H17NO2S. The molecule has 0 saturated carbocycles. The molecule has 1 heterocycles. The number of hydrogen-bond donors (Lipinski definition) is 0. The Morgan fingerprint density at radius 2 is 1.90 bits per heavy atom. The van der Waals surface area contributed by atoms with Gasteiger partial charge >= 0.3 is 0 Å². The van der Waals surface area contributed by atoms with Crippen molar-refractivity contribution < 1.29 is 9.47 Å². The van der Waals surface area contributed by atoms with Crippen LogP contribution in [0, 0.1) is 6.92 Å². The van der Waals surface area contributed by atoms with Crippen LogP contribution in [0.25, 0.3) is 0 Å². The summed E-state index contributed by atoms with van der Waals surface area (Å²) in [5.74, 6) is 0.891. The summed E-state index contributed by atoms with van der Waals surface area (Å²) in [6, 6.07) is 17.9. The smallest absolute Gasteiger partial charge is 0.251 e. The van der Waals surface area contributed by atoms with E-state index in [-0.39, 0.29) is 5.25 Å². The van der Waals surface area contributed by atoms with Crippen LogP contribution in [-0.4, -0.2) is 23.7 Å². The fraction of sp³-hybridized carbons (Fsp3) is 0.235. The molecule has 21 heavy (non-hydrogen) atoms. The van der Waals surface area contributed by atoms with E-state index in [0.29, 0.717) is 13.2 Å². The van der Waals surface area contributed by atoms with Gasteiger partial charge < -0.3 is 9.47 Å². The largest absolute Gasteiger partial charge is 0.492 e. The minimum Gasteiger partial charge on any atom is -0.492 e. The molecule has 1 atom stereocenters. The Morgan fingerprint density at radius 1 is 1.14 bits per heavy atom. The number of benzene rings is 2. The van der Waals surface area contributed by atoms with Crippen LogP contribution in [0.3, 0.4) is 0 Å². The van der Waals surface area contributed by atoms with Crippen LogP contribution in [0.4, 0.5) is 5.69 Å². The average Bonchev–Trinajstić information content (AvgIpc) is 2.96. The number of rotatable bonds is 4. The minimum absolute atomic E-state index is 0.286. The van der Waals surface area contributed by atoms with Crippen molar-refractivity contribution in [2.45, 2.75) is 12.2 Å². The minimum atomic E-state index is 0.286. The van der Waals surface area contributed by atoms with Gasteiger partial charge in [-0.1, -0.05) is 47.7 Å². The number of aryl methyl sites for hydroxylation is 1. The third-order valence-corrected chi connectivity index (χ3v) is 4.11. The summed E-state index contributed by atoms with van der Waals surface area (Å²) in [7, 11) is 0. The van der Waals surface area contributed by atoms with Crippen molar-refractivity contribution in [3.05, 3.63) is 60.2 Å². The molecule has 2 aromatic rings. The number of ether oxygens (including phenoxy) is 2. The lowest BCUT2D eigenvalue weighted by atomic mass is 10.2. The first-order chi connectivity index (χ1) is 10.3. The Bertz CT molecular complexity index is 610. The van der Waals surface area contributed by atoms with Crippen LogP contribution >= 0.6 is 11.8 Å². The Kier molecular flexibility index (Phi) is 4.46. The summed E-state index contributed by atoms with van der Waals surface area (Å²) in [6.07, 6.45) is 0. The van der Waals surface area contributed by atoms with E-state index < -0.39 is 0 Å². The predicted molar refractivity (Wildman–Crippen MR) is 87.5 cm³/mol. The molecule has 1 fully saturated rings. The molecule has 108 valence electrons. The molecule has 0 aliphatic carbocycles. The van der Waals surface area contributed by atoms with Crippen LogP contribution < -0.4 is 4.74 Å². The topological polar surface area (TPSA) is 30.8 Å². The van der Waals surface area contributed by atoms with E-state index in [1.807, 2.05) is 42.5 Å². The maximum atomic E-state index is 5.75. The lowest BCUT2D eigenvalue weighted by Crippen LogP contribution is -2.14. The lowest BCUT2D eigenvalue weighted by Gasteiger charge is -2.08. The molecule has 1 aliphatic rings. The number of aliphatic imine (C=N–C) groups is 1. The highest BCUT2D eigenvalue weighted by Gasteiger charge is 2.24. The Morgan fingerprint density at radius 3 is 2.67 bits per heavy atom. The molecule has 0 aromatic heterocycles. The van der Waals surface area contributed by atoms with Gasteiger partial charge in [-0.3, -0.25) is 0 Å². The monoisotopic (exact) mass is 299 g/mol. The van der Waals surface area contributed by atoms with Crippen molar-refractivity contribution in [3.63, 3.8) is 0 Å². The quantitative estimate of drug-likeness (QED) is 0.848. The van der Waals surface area contributed by atoms with Crippen molar-refractivity contribution >= 4 is 22.7 Å². The summed E-state index contributed by atoms with van der Waals surface area (Å²) >= 11 is 1.63. The fourth-order valence-corrected chi connectivity index (χ4v) is 2.80. The number of para-hydroxylation sites is 1. The van der Waals surface area contributed by atoms with Crippen LogP contribution in [0.2, 0.25) is 0 Å². The molecule has 0 spiro atoms. The average molecular weight is 299 g/mol. The van der Waals surface area contributed by atoms with Gasteiger partial charge in [-0.2, -0.15) is 0 Å². The summed E-state index contributed by atoms with van der Waals surface area (Å²) < 4.78 is 11.4. The third kappa shape index (κ3) is 4.02. The van der Waals surface area contributed by atoms with Crippen molar-refractivity contribution in [2.75, 3.05) is 13.2 Å². The zero-order valence-electron chi connectivity index (χ0n) is 11.9. The molecule has 0 bridgehead atoms. The summed E-state index contributed by atoms with van der Waals surface area (Å²) in [5.41, 5.74) is 2.15. The maximum Gasteiger partial charge on any atom is 0.251 e. The highest BCUT2D eigenvalue weighted by molar-refractivity contribution is 8.14. The lowest BCUT2D eigenvalue weighted by molar-refractivity contribution is 0.262. The number of hydrogen-bond acceptors (Lipinski definition) is 4. The number of nitrogens with zero attached hydrogens (tertiary/aromatic N) is 1. The molecule has 3 nitrogen and oxygen atoms in total. The second-order valence-corrected chi connectivity index (χ2v) is 6.14.